The minimum Gasteiger partial charge on any atom is -0.493 e. The summed E-state index contributed by atoms with van der Waals surface area (Å²) in [5.41, 5.74) is 6.23. The highest BCUT2D eigenvalue weighted by molar-refractivity contribution is 9.10. The average Bonchev–Trinajstić information content (AvgIpc) is 3.02. The molecule has 2 atom stereocenters. The molecule has 0 radical (unpaired) electrons. The highest BCUT2D eigenvalue weighted by Crippen LogP contribution is 2.37. The number of halogens is 3. The summed E-state index contributed by atoms with van der Waals surface area (Å²) in [7, 11) is 1.55. The molecule has 4 aromatic carbocycles. The molecular weight excluding hydrogens is 681 g/mol. The Morgan fingerprint density at radius 3 is 2.36 bits per heavy atom. The Balaban J connectivity index is 1.43. The highest BCUT2D eigenvalue weighted by Gasteiger charge is 2.25. The molecule has 45 heavy (non-hydrogen) atoms. The van der Waals surface area contributed by atoms with E-state index in [9.17, 15) is 9.59 Å². The van der Waals surface area contributed by atoms with Gasteiger partial charge in [-0.3, -0.25) is 9.59 Å². The molecule has 0 heterocycles. The second-order valence-corrected chi connectivity index (χ2v) is 11.8. The van der Waals surface area contributed by atoms with Crippen molar-refractivity contribution in [2.24, 2.45) is 5.10 Å². The fourth-order valence-electron chi connectivity index (χ4n) is 4.21. The first kappa shape index (κ1) is 33.8. The number of carbonyl (C=O) groups excluding carboxylic acids is 2. The van der Waals surface area contributed by atoms with Crippen LogP contribution in [0.15, 0.2) is 94.5 Å². The Labute approximate surface area is 280 Å². The van der Waals surface area contributed by atoms with Crippen LogP contribution in [0.25, 0.3) is 0 Å². The minimum atomic E-state index is -0.949. The van der Waals surface area contributed by atoms with Gasteiger partial charge in [0.05, 0.1) is 22.8 Å². The zero-order chi connectivity index (χ0) is 32.3. The van der Waals surface area contributed by atoms with E-state index < -0.39 is 24.0 Å². The van der Waals surface area contributed by atoms with E-state index in [1.807, 2.05) is 61.5 Å². The molecule has 0 aliphatic rings. The van der Waals surface area contributed by atoms with Crippen molar-refractivity contribution >= 4 is 57.2 Å². The summed E-state index contributed by atoms with van der Waals surface area (Å²) < 4.78 is 18.0. The molecule has 0 saturated carbocycles. The van der Waals surface area contributed by atoms with Gasteiger partial charge >= 0.3 is 0 Å². The van der Waals surface area contributed by atoms with Crippen molar-refractivity contribution in [3.05, 3.63) is 122 Å². The van der Waals surface area contributed by atoms with Crippen molar-refractivity contribution in [1.82, 2.24) is 10.7 Å². The molecule has 0 unspecified atom stereocenters. The number of aryl methyl sites for hydroxylation is 1. The van der Waals surface area contributed by atoms with Crippen molar-refractivity contribution in [3.63, 3.8) is 0 Å². The zero-order valence-corrected chi connectivity index (χ0v) is 27.9. The first-order chi connectivity index (χ1) is 21.6. The van der Waals surface area contributed by atoms with Gasteiger partial charge in [0.1, 0.15) is 18.4 Å². The molecule has 8 nitrogen and oxygen atoms in total. The quantitative estimate of drug-likeness (QED) is 0.112. The molecule has 0 aliphatic heterocycles. The second-order valence-electron chi connectivity index (χ2n) is 10.1. The Kier molecular flexibility index (Phi) is 12.3. The number of carbonyl (C=O) groups is 2. The maximum atomic E-state index is 13.3. The van der Waals surface area contributed by atoms with Crippen LogP contribution >= 0.6 is 39.1 Å². The van der Waals surface area contributed by atoms with Crippen LogP contribution in [0, 0.1) is 6.92 Å². The maximum absolute atomic E-state index is 13.3. The molecule has 0 bridgehead atoms. The van der Waals surface area contributed by atoms with Crippen LogP contribution in [-0.4, -0.2) is 37.3 Å². The summed E-state index contributed by atoms with van der Waals surface area (Å²) >= 11 is 15.7. The molecule has 4 rings (SSSR count). The lowest BCUT2D eigenvalue weighted by Gasteiger charge is -2.21. The van der Waals surface area contributed by atoms with Gasteiger partial charge in [-0.15, -0.1) is 0 Å². The third-order valence-corrected chi connectivity index (χ3v) is 7.75. The Bertz CT molecular complexity index is 1650. The van der Waals surface area contributed by atoms with Gasteiger partial charge in [-0.05, 0) is 76.8 Å². The van der Waals surface area contributed by atoms with E-state index in [0.29, 0.717) is 38.9 Å². The van der Waals surface area contributed by atoms with Crippen LogP contribution in [0.3, 0.4) is 0 Å². The normalized spacial score (nSPS) is 12.3. The number of amides is 2. The molecule has 0 saturated heterocycles. The van der Waals surface area contributed by atoms with Gasteiger partial charge in [-0.2, -0.15) is 5.10 Å². The van der Waals surface area contributed by atoms with Crippen molar-refractivity contribution in [2.75, 3.05) is 7.11 Å². The number of hydrogen-bond donors (Lipinski definition) is 2. The van der Waals surface area contributed by atoms with Crippen LogP contribution in [0.4, 0.5) is 0 Å². The fraction of sp³-hybridized carbons (Fsp3) is 0.206. The molecule has 2 N–H and O–H groups in total. The van der Waals surface area contributed by atoms with E-state index in [0.717, 1.165) is 11.1 Å². The van der Waals surface area contributed by atoms with E-state index >= 15 is 0 Å². The van der Waals surface area contributed by atoms with Crippen LogP contribution in [0.2, 0.25) is 10.0 Å². The predicted molar refractivity (Wildman–Crippen MR) is 181 cm³/mol. The van der Waals surface area contributed by atoms with E-state index in [-0.39, 0.29) is 11.4 Å². The highest BCUT2D eigenvalue weighted by atomic mass is 79.9. The predicted octanol–water partition coefficient (Wildman–Crippen LogP) is 7.30. The van der Waals surface area contributed by atoms with Gasteiger partial charge in [-0.1, -0.05) is 83.4 Å². The summed E-state index contributed by atoms with van der Waals surface area (Å²) in [4.78, 5) is 26.3. The standard InChI is InChI=1S/C34H32BrCl2N3O5/c1-21-9-11-24(12-10-21)20-44-32-27(35)15-25(17-31(32)43-3)19-38-40-34(42)29(16-23-7-5-4-6-8-23)39-33(41)22(2)45-30-14-13-26(36)18-28(30)37/h4-15,17-19,22,29H,16,20H2,1-3H3,(H,39,41)(H,40,42)/b38-19-/t22-,29-/m0/s1. The molecule has 0 aromatic heterocycles. The zero-order valence-electron chi connectivity index (χ0n) is 24.9. The Morgan fingerprint density at radius 2 is 1.67 bits per heavy atom. The van der Waals surface area contributed by atoms with Gasteiger partial charge < -0.3 is 19.5 Å². The summed E-state index contributed by atoms with van der Waals surface area (Å²) in [6, 6.07) is 24.7. The van der Waals surface area contributed by atoms with E-state index in [2.05, 4.69) is 31.8 Å². The third-order valence-electron chi connectivity index (χ3n) is 6.63. The van der Waals surface area contributed by atoms with Gasteiger partial charge in [-0.25, -0.2) is 5.43 Å². The van der Waals surface area contributed by atoms with E-state index in [1.165, 1.54) is 17.8 Å². The summed E-state index contributed by atoms with van der Waals surface area (Å²) in [5.74, 6) is 0.320. The van der Waals surface area contributed by atoms with Crippen LogP contribution in [0.1, 0.15) is 29.2 Å². The summed E-state index contributed by atoms with van der Waals surface area (Å²) in [5, 5.41) is 7.61. The van der Waals surface area contributed by atoms with Crippen molar-refractivity contribution < 1.29 is 23.8 Å². The minimum absolute atomic E-state index is 0.231. The summed E-state index contributed by atoms with van der Waals surface area (Å²) in [6.07, 6.45) is 0.758. The topological polar surface area (TPSA) is 98.2 Å². The number of nitrogens with zero attached hydrogens (tertiary/aromatic N) is 1. The van der Waals surface area contributed by atoms with Crippen LogP contribution < -0.4 is 25.0 Å². The maximum Gasteiger partial charge on any atom is 0.262 e. The molecule has 0 spiro atoms. The monoisotopic (exact) mass is 711 g/mol. The lowest BCUT2D eigenvalue weighted by molar-refractivity contribution is -0.132. The number of nitrogens with one attached hydrogen (secondary N) is 2. The third kappa shape index (κ3) is 9.97. The molecule has 4 aromatic rings. The van der Waals surface area contributed by atoms with Crippen LogP contribution in [0.5, 0.6) is 17.2 Å². The van der Waals surface area contributed by atoms with E-state index in [4.69, 9.17) is 37.4 Å². The lowest BCUT2D eigenvalue weighted by atomic mass is 10.1. The average molecular weight is 713 g/mol. The van der Waals surface area contributed by atoms with Gasteiger partial charge in [0.2, 0.25) is 0 Å². The Hall–Kier alpha value is -4.05. The first-order valence-corrected chi connectivity index (χ1v) is 15.5. The summed E-state index contributed by atoms with van der Waals surface area (Å²) in [6.45, 7) is 3.96. The molecule has 11 heteroatoms. The number of methoxy groups -OCH3 is 1. The molecule has 0 fully saturated rings. The van der Waals surface area contributed by atoms with Crippen LogP contribution in [-0.2, 0) is 22.6 Å². The van der Waals surface area contributed by atoms with Gasteiger partial charge in [0, 0.05) is 11.4 Å². The van der Waals surface area contributed by atoms with Crippen molar-refractivity contribution in [2.45, 2.75) is 39.0 Å². The Morgan fingerprint density at radius 1 is 0.933 bits per heavy atom. The molecular formula is C34H32BrCl2N3O5. The molecule has 0 aliphatic carbocycles. The molecule has 2 amide bonds. The van der Waals surface area contributed by atoms with Crippen molar-refractivity contribution in [3.8, 4) is 17.2 Å². The van der Waals surface area contributed by atoms with Gasteiger partial charge in [0.25, 0.3) is 11.8 Å². The number of benzene rings is 4. The number of ether oxygens (including phenoxy) is 3. The van der Waals surface area contributed by atoms with Crippen molar-refractivity contribution in [1.29, 1.82) is 0 Å². The first-order valence-electron chi connectivity index (χ1n) is 14.0. The SMILES string of the molecule is COc1cc(/C=N\NC(=O)[C@H](Cc2ccccc2)NC(=O)[C@H](C)Oc2ccc(Cl)cc2Cl)cc(Br)c1OCc1ccc(C)cc1. The molecule has 234 valence electrons. The fourth-order valence-corrected chi connectivity index (χ4v) is 5.23. The smallest absolute Gasteiger partial charge is 0.262 e. The van der Waals surface area contributed by atoms with E-state index in [1.54, 1.807) is 38.3 Å². The lowest BCUT2D eigenvalue weighted by Crippen LogP contribution is -2.50. The number of hydrazone groups is 1. The van der Waals surface area contributed by atoms with Gasteiger partial charge in [0.15, 0.2) is 17.6 Å². The second kappa shape index (κ2) is 16.3. The number of rotatable bonds is 13. The number of hydrogen-bond acceptors (Lipinski definition) is 6. The largest absolute Gasteiger partial charge is 0.493 e.